The van der Waals surface area contributed by atoms with Crippen LogP contribution in [0.15, 0.2) is 65.5 Å². The van der Waals surface area contributed by atoms with Crippen LogP contribution in [0.1, 0.15) is 23.6 Å². The zero-order valence-electron chi connectivity index (χ0n) is 13.8. The maximum absolute atomic E-state index is 12.4. The number of hydrogen-bond acceptors (Lipinski definition) is 3. The van der Waals surface area contributed by atoms with Gasteiger partial charge < -0.3 is 10.1 Å². The van der Waals surface area contributed by atoms with E-state index in [4.69, 9.17) is 0 Å². The molecule has 0 radical (unpaired) electrons. The molecule has 0 aliphatic carbocycles. The Morgan fingerprint density at radius 3 is 2.54 bits per heavy atom. The number of aromatic nitrogens is 1. The molecule has 1 heterocycles. The van der Waals surface area contributed by atoms with Crippen LogP contribution in [-0.2, 0) is 6.54 Å². The first-order valence-electron chi connectivity index (χ1n) is 8.16. The van der Waals surface area contributed by atoms with E-state index in [0.29, 0.717) is 13.0 Å². The molecule has 2 aromatic carbocycles. The van der Waals surface area contributed by atoms with Crippen LogP contribution in [0.5, 0.6) is 0 Å². The molecular weight excluding hydrogens is 300 g/mol. The van der Waals surface area contributed by atoms with Crippen LogP contribution in [0.3, 0.4) is 0 Å². The van der Waals surface area contributed by atoms with Crippen molar-refractivity contribution in [2.75, 3.05) is 13.7 Å². The lowest BCUT2D eigenvalue weighted by atomic mass is 10.0. The molecule has 1 atom stereocenters. The summed E-state index contributed by atoms with van der Waals surface area (Å²) in [6, 6.07) is 19.9. The van der Waals surface area contributed by atoms with Crippen molar-refractivity contribution in [3.05, 3.63) is 82.1 Å². The fraction of sp³-hybridized carbons (Fsp3) is 0.250. The summed E-state index contributed by atoms with van der Waals surface area (Å²) in [6.07, 6.45) is 0.631. The third-order valence-corrected chi connectivity index (χ3v) is 4.37. The predicted molar refractivity (Wildman–Crippen MR) is 96.9 cm³/mol. The molecule has 1 aromatic heterocycles. The number of aliphatic hydroxyl groups is 1. The van der Waals surface area contributed by atoms with Crippen LogP contribution in [0.4, 0.5) is 0 Å². The van der Waals surface area contributed by atoms with Gasteiger partial charge in [0, 0.05) is 30.3 Å². The molecule has 0 amide bonds. The second-order valence-electron chi connectivity index (χ2n) is 6.06. The zero-order chi connectivity index (χ0) is 16.9. The van der Waals surface area contributed by atoms with Gasteiger partial charge in [-0.15, -0.1) is 0 Å². The van der Waals surface area contributed by atoms with Gasteiger partial charge in [-0.25, -0.2) is 0 Å². The van der Waals surface area contributed by atoms with Crippen molar-refractivity contribution in [3.8, 4) is 0 Å². The molecule has 0 saturated heterocycles. The summed E-state index contributed by atoms with van der Waals surface area (Å²) < 4.78 is 0. The largest absolute Gasteiger partial charge is 0.396 e. The first kappa shape index (κ1) is 16.4. The van der Waals surface area contributed by atoms with Gasteiger partial charge in [0.1, 0.15) is 0 Å². The number of aliphatic hydroxyl groups excluding tert-OH is 1. The summed E-state index contributed by atoms with van der Waals surface area (Å²) in [5.74, 6) is 0. The average molecular weight is 322 g/mol. The minimum atomic E-state index is -0.0589. The highest BCUT2D eigenvalue weighted by atomic mass is 16.3. The average Bonchev–Trinajstić information content (AvgIpc) is 2.61. The van der Waals surface area contributed by atoms with E-state index in [1.165, 1.54) is 0 Å². The Bertz CT molecular complexity index is 858. The smallest absolute Gasteiger partial charge is 0.252 e. The number of H-pyrrole nitrogens is 1. The summed E-state index contributed by atoms with van der Waals surface area (Å²) in [4.78, 5) is 17.4. The molecule has 3 rings (SSSR count). The van der Waals surface area contributed by atoms with Gasteiger partial charge in [0.15, 0.2) is 0 Å². The van der Waals surface area contributed by atoms with Crippen LogP contribution in [-0.4, -0.2) is 28.6 Å². The van der Waals surface area contributed by atoms with Gasteiger partial charge in [0.2, 0.25) is 0 Å². The number of pyridine rings is 1. The summed E-state index contributed by atoms with van der Waals surface area (Å²) in [7, 11) is 1.99. The highest BCUT2D eigenvalue weighted by Gasteiger charge is 2.18. The normalized spacial score (nSPS) is 12.6. The highest BCUT2D eigenvalue weighted by Crippen LogP contribution is 2.24. The molecule has 24 heavy (non-hydrogen) atoms. The van der Waals surface area contributed by atoms with E-state index < -0.39 is 0 Å². The Morgan fingerprint density at radius 2 is 1.79 bits per heavy atom. The van der Waals surface area contributed by atoms with Gasteiger partial charge in [-0.3, -0.25) is 9.69 Å². The minimum absolute atomic E-state index is 0.0589. The van der Waals surface area contributed by atoms with Crippen molar-refractivity contribution in [2.24, 2.45) is 0 Å². The number of nitrogens with zero attached hydrogens (tertiary/aromatic N) is 1. The molecule has 3 aromatic rings. The summed E-state index contributed by atoms with van der Waals surface area (Å²) in [5.41, 5.74) is 2.67. The Kier molecular flexibility index (Phi) is 5.08. The highest BCUT2D eigenvalue weighted by molar-refractivity contribution is 5.78. The molecule has 1 unspecified atom stereocenters. The zero-order valence-corrected chi connectivity index (χ0v) is 13.8. The van der Waals surface area contributed by atoms with E-state index in [9.17, 15) is 9.90 Å². The Morgan fingerprint density at radius 1 is 1.08 bits per heavy atom. The van der Waals surface area contributed by atoms with Gasteiger partial charge in [0.05, 0.1) is 0 Å². The van der Waals surface area contributed by atoms with E-state index in [2.05, 4.69) is 22.0 Å². The lowest BCUT2D eigenvalue weighted by Gasteiger charge is -2.28. The quantitative estimate of drug-likeness (QED) is 0.733. The Labute approximate surface area is 141 Å². The molecule has 0 fully saturated rings. The number of hydrogen-bond donors (Lipinski definition) is 2. The van der Waals surface area contributed by atoms with E-state index in [-0.39, 0.29) is 18.2 Å². The number of nitrogens with one attached hydrogen (secondary N) is 1. The lowest BCUT2D eigenvalue weighted by molar-refractivity contribution is 0.179. The van der Waals surface area contributed by atoms with Crippen molar-refractivity contribution in [3.63, 3.8) is 0 Å². The molecule has 2 N–H and O–H groups in total. The van der Waals surface area contributed by atoms with Gasteiger partial charge in [-0.2, -0.15) is 0 Å². The SMILES string of the molecule is CN(Cc1cc2ccccc2[nH]c1=O)C(CCO)c1ccccc1. The van der Waals surface area contributed by atoms with Crippen LogP contribution in [0, 0.1) is 0 Å². The Hall–Kier alpha value is -2.43. The first-order chi connectivity index (χ1) is 11.7. The topological polar surface area (TPSA) is 56.3 Å². The van der Waals surface area contributed by atoms with Crippen LogP contribution in [0.25, 0.3) is 10.9 Å². The monoisotopic (exact) mass is 322 g/mol. The summed E-state index contributed by atoms with van der Waals surface area (Å²) in [6.45, 7) is 0.637. The maximum Gasteiger partial charge on any atom is 0.252 e. The molecule has 0 spiro atoms. The van der Waals surface area contributed by atoms with Gasteiger partial charge in [0.25, 0.3) is 5.56 Å². The van der Waals surface area contributed by atoms with Crippen LogP contribution in [0.2, 0.25) is 0 Å². The van der Waals surface area contributed by atoms with Crippen LogP contribution < -0.4 is 5.56 Å². The third kappa shape index (κ3) is 3.55. The number of para-hydroxylation sites is 1. The van der Waals surface area contributed by atoms with Gasteiger partial charge in [-0.05, 0) is 36.6 Å². The molecule has 4 heteroatoms. The fourth-order valence-electron chi connectivity index (χ4n) is 3.13. The molecule has 4 nitrogen and oxygen atoms in total. The number of rotatable bonds is 6. The Balaban J connectivity index is 1.88. The standard InChI is InChI=1S/C20H22N2O2/c1-22(19(11-12-23)15-7-3-2-4-8-15)14-17-13-16-9-5-6-10-18(16)21-20(17)24/h2-10,13,19,23H,11-12,14H2,1H3,(H,21,24). The van der Waals surface area contributed by atoms with Crippen LogP contribution >= 0.6 is 0 Å². The van der Waals surface area contributed by atoms with E-state index in [0.717, 1.165) is 22.0 Å². The molecule has 0 saturated carbocycles. The van der Waals surface area contributed by atoms with Crippen molar-refractivity contribution in [1.29, 1.82) is 0 Å². The van der Waals surface area contributed by atoms with Crippen molar-refractivity contribution in [2.45, 2.75) is 19.0 Å². The summed E-state index contributed by atoms with van der Waals surface area (Å²) in [5, 5.41) is 10.4. The van der Waals surface area contributed by atoms with Crippen molar-refractivity contribution < 1.29 is 5.11 Å². The van der Waals surface area contributed by atoms with Crippen molar-refractivity contribution in [1.82, 2.24) is 9.88 Å². The molecular formula is C20H22N2O2. The van der Waals surface area contributed by atoms with Gasteiger partial charge in [-0.1, -0.05) is 48.5 Å². The number of benzene rings is 2. The molecule has 0 bridgehead atoms. The van der Waals surface area contributed by atoms with Crippen molar-refractivity contribution >= 4 is 10.9 Å². The van der Waals surface area contributed by atoms with E-state index >= 15 is 0 Å². The fourth-order valence-corrected chi connectivity index (χ4v) is 3.13. The summed E-state index contributed by atoms with van der Waals surface area (Å²) >= 11 is 0. The first-order valence-corrected chi connectivity index (χ1v) is 8.16. The second kappa shape index (κ2) is 7.43. The number of aromatic amines is 1. The van der Waals surface area contributed by atoms with E-state index in [1.807, 2.05) is 55.6 Å². The van der Waals surface area contributed by atoms with E-state index in [1.54, 1.807) is 0 Å². The molecule has 124 valence electrons. The molecule has 0 aliphatic heterocycles. The lowest BCUT2D eigenvalue weighted by Crippen LogP contribution is -2.28. The number of fused-ring (bicyclic) bond motifs is 1. The third-order valence-electron chi connectivity index (χ3n) is 4.37. The molecule has 0 aliphatic rings. The van der Waals surface area contributed by atoms with Gasteiger partial charge >= 0.3 is 0 Å². The maximum atomic E-state index is 12.4. The minimum Gasteiger partial charge on any atom is -0.396 e. The second-order valence-corrected chi connectivity index (χ2v) is 6.06. The predicted octanol–water partition coefficient (Wildman–Crippen LogP) is 3.08.